The number of methoxy groups -OCH3 is 1. The number of carbonyl (C=O) groups is 2. The number of hydrogen-bond donors (Lipinski definition) is 3. The third-order valence-corrected chi connectivity index (χ3v) is 9.04. The normalized spacial score (nSPS) is 26.7. The molecule has 2 heterocycles. The maximum atomic E-state index is 15.1. The fraction of sp³-hybridized carbons (Fsp3) is 0.400. The summed E-state index contributed by atoms with van der Waals surface area (Å²) >= 11 is 0. The Balaban J connectivity index is 1.03. The average Bonchev–Trinajstić information content (AvgIpc) is 3.50. The molecule has 0 radical (unpaired) electrons. The number of amides is 2. The number of anilines is 1. The van der Waals surface area contributed by atoms with E-state index in [9.17, 15) is 14.7 Å². The van der Waals surface area contributed by atoms with Crippen LogP contribution in [0.4, 0.5) is 10.1 Å². The second-order valence-corrected chi connectivity index (χ2v) is 12.5. The van der Waals surface area contributed by atoms with Crippen molar-refractivity contribution in [2.75, 3.05) is 45.7 Å². The largest absolute Gasteiger partial charge is 0.493 e. The molecule has 2 aromatic rings. The van der Waals surface area contributed by atoms with E-state index in [1.54, 1.807) is 19.4 Å². The quantitative estimate of drug-likeness (QED) is 0.343. The topological polar surface area (TPSA) is 122 Å². The summed E-state index contributed by atoms with van der Waals surface area (Å²) in [7, 11) is 3.60. The molecule has 46 heavy (non-hydrogen) atoms. The van der Waals surface area contributed by atoms with E-state index >= 15 is 4.39 Å². The van der Waals surface area contributed by atoms with E-state index in [0.717, 1.165) is 24.6 Å². The van der Waals surface area contributed by atoms with Crippen molar-refractivity contribution < 1.29 is 33.3 Å². The van der Waals surface area contributed by atoms with E-state index < -0.39 is 29.3 Å². The van der Waals surface area contributed by atoms with Crippen LogP contribution in [0.15, 0.2) is 89.5 Å². The summed E-state index contributed by atoms with van der Waals surface area (Å²) in [5.74, 6) is -1.16. The molecule has 11 heteroatoms. The Morgan fingerprint density at radius 3 is 2.74 bits per heavy atom. The van der Waals surface area contributed by atoms with Crippen LogP contribution in [-0.4, -0.2) is 79.6 Å². The van der Waals surface area contributed by atoms with E-state index in [0.29, 0.717) is 49.8 Å². The van der Waals surface area contributed by atoms with E-state index in [-0.39, 0.29) is 29.2 Å². The van der Waals surface area contributed by atoms with Gasteiger partial charge in [0, 0.05) is 49.6 Å². The number of likely N-dealkylation sites (tertiary alicyclic amines) is 1. The van der Waals surface area contributed by atoms with Crippen LogP contribution in [0.5, 0.6) is 5.75 Å². The van der Waals surface area contributed by atoms with Crippen molar-refractivity contribution in [2.24, 2.45) is 22.7 Å². The van der Waals surface area contributed by atoms with Crippen molar-refractivity contribution in [2.45, 2.75) is 31.0 Å². The zero-order valence-corrected chi connectivity index (χ0v) is 25.9. The highest BCUT2D eigenvalue weighted by Crippen LogP contribution is 2.45. The predicted molar refractivity (Wildman–Crippen MR) is 170 cm³/mol. The summed E-state index contributed by atoms with van der Waals surface area (Å²) in [6, 6.07) is 13.6. The maximum absolute atomic E-state index is 15.1. The van der Waals surface area contributed by atoms with Crippen molar-refractivity contribution in [1.82, 2.24) is 10.2 Å². The molecule has 2 aliphatic carbocycles. The fourth-order valence-electron chi connectivity index (χ4n) is 6.85. The Kier molecular flexibility index (Phi) is 9.23. The fourth-order valence-corrected chi connectivity index (χ4v) is 6.85. The summed E-state index contributed by atoms with van der Waals surface area (Å²) in [6.45, 7) is 2.35. The Morgan fingerprint density at radius 2 is 1.98 bits per heavy atom. The van der Waals surface area contributed by atoms with Gasteiger partial charge in [-0.05, 0) is 62.1 Å². The van der Waals surface area contributed by atoms with Gasteiger partial charge in [0.25, 0.3) is 0 Å². The lowest BCUT2D eigenvalue weighted by Crippen LogP contribution is -2.36. The number of aliphatic hydroxyl groups is 1. The van der Waals surface area contributed by atoms with Gasteiger partial charge in [0.2, 0.25) is 0 Å². The third kappa shape index (κ3) is 7.00. The molecule has 2 aliphatic heterocycles. The summed E-state index contributed by atoms with van der Waals surface area (Å²) in [6.07, 6.45) is 8.65. The van der Waals surface area contributed by atoms with E-state index in [1.165, 1.54) is 12.1 Å². The van der Waals surface area contributed by atoms with Crippen LogP contribution >= 0.6 is 0 Å². The van der Waals surface area contributed by atoms with Crippen molar-refractivity contribution in [3.8, 4) is 5.75 Å². The standard InChI is InChI=1S/C35H39FN4O6/c1-40-19-24-14-23(18-35(24,43)21-40)20-45-32-17-28-26(16-31(32)44-2)29(11-13-37-28)46-30-9-8-25(15-27(30)36)39-34(42)33(41)38-12-10-22-6-4-3-5-7-22/h3-9,11,13,15-17,23-24,26,29,43H,10,12,14,18-21H2,1-2H3,(H,38,41)(H,39,42)/t23-,24-,26?,29?,35-/m0/s1. The first-order valence-corrected chi connectivity index (χ1v) is 15.6. The van der Waals surface area contributed by atoms with Crippen LogP contribution in [0.2, 0.25) is 0 Å². The first-order valence-electron chi connectivity index (χ1n) is 15.6. The number of nitrogens with one attached hydrogen (secondary N) is 2. The molecule has 2 aromatic carbocycles. The number of β-amino-alcohol motifs (C(OH)–C–C–N with tert-alkyl or cyclic N) is 1. The van der Waals surface area contributed by atoms with Gasteiger partial charge >= 0.3 is 11.8 Å². The van der Waals surface area contributed by atoms with E-state index in [2.05, 4.69) is 20.5 Å². The summed E-state index contributed by atoms with van der Waals surface area (Å²) in [4.78, 5) is 31.3. The molecule has 242 valence electrons. The summed E-state index contributed by atoms with van der Waals surface area (Å²) < 4.78 is 33.0. The number of nitrogens with zero attached hydrogens (tertiary/aromatic N) is 2. The highest BCUT2D eigenvalue weighted by atomic mass is 19.1. The van der Waals surface area contributed by atoms with Crippen molar-refractivity contribution in [3.63, 3.8) is 0 Å². The number of fused-ring (bicyclic) bond motifs is 2. The Hall–Kier alpha value is -4.48. The smallest absolute Gasteiger partial charge is 0.313 e. The van der Waals surface area contributed by atoms with Gasteiger partial charge in [-0.3, -0.25) is 14.6 Å². The van der Waals surface area contributed by atoms with Gasteiger partial charge in [-0.2, -0.15) is 0 Å². The Morgan fingerprint density at radius 1 is 1.15 bits per heavy atom. The zero-order chi connectivity index (χ0) is 32.3. The molecule has 1 saturated carbocycles. The van der Waals surface area contributed by atoms with Crippen LogP contribution in [0.3, 0.4) is 0 Å². The number of aliphatic imine (C=N–C) groups is 1. The lowest BCUT2D eigenvalue weighted by Gasteiger charge is -2.30. The summed E-state index contributed by atoms with van der Waals surface area (Å²) in [5.41, 5.74) is 1.21. The SMILES string of the molecule is COC1=CC2C(=NC=CC2Oc2ccc(NC(=O)C(=O)NCCc3ccccc3)cc2F)C=C1OC[C@H]1C[C@H]2CN(C)C[C@@]2(O)C1. The van der Waals surface area contributed by atoms with Gasteiger partial charge in [-0.25, -0.2) is 4.39 Å². The van der Waals surface area contributed by atoms with E-state index in [4.69, 9.17) is 14.2 Å². The highest BCUT2D eigenvalue weighted by Gasteiger charge is 2.51. The zero-order valence-electron chi connectivity index (χ0n) is 25.9. The lowest BCUT2D eigenvalue weighted by molar-refractivity contribution is -0.136. The highest BCUT2D eigenvalue weighted by molar-refractivity contribution is 6.39. The third-order valence-electron chi connectivity index (χ3n) is 9.04. The molecule has 4 aliphatic rings. The molecular formula is C35H39FN4O6. The molecule has 10 nitrogen and oxygen atoms in total. The average molecular weight is 631 g/mol. The molecule has 6 rings (SSSR count). The predicted octanol–water partition coefficient (Wildman–Crippen LogP) is 3.60. The minimum Gasteiger partial charge on any atom is -0.493 e. The molecule has 0 spiro atoms. The van der Waals surface area contributed by atoms with Crippen molar-refractivity contribution >= 4 is 23.2 Å². The first kappa shape index (κ1) is 31.5. The first-order chi connectivity index (χ1) is 22.2. The number of hydrogen-bond acceptors (Lipinski definition) is 8. The number of carbonyl (C=O) groups excluding carboxylic acids is 2. The molecule has 3 N–H and O–H groups in total. The number of rotatable bonds is 10. The van der Waals surface area contributed by atoms with Crippen LogP contribution in [0.25, 0.3) is 0 Å². The molecule has 2 amide bonds. The van der Waals surface area contributed by atoms with Crippen LogP contribution in [0, 0.1) is 23.6 Å². The van der Waals surface area contributed by atoms with Gasteiger partial charge < -0.3 is 34.9 Å². The number of ether oxygens (including phenoxy) is 3. The Labute approximate surface area is 267 Å². The number of halogens is 1. The van der Waals surface area contributed by atoms with Gasteiger partial charge in [0.1, 0.15) is 6.10 Å². The molecule has 1 saturated heterocycles. The minimum absolute atomic E-state index is 0.0186. The van der Waals surface area contributed by atoms with Gasteiger partial charge in [-0.1, -0.05) is 30.3 Å². The van der Waals surface area contributed by atoms with Crippen molar-refractivity contribution in [1.29, 1.82) is 0 Å². The molecule has 2 fully saturated rings. The van der Waals surface area contributed by atoms with Crippen molar-refractivity contribution in [3.05, 3.63) is 95.9 Å². The van der Waals surface area contributed by atoms with Gasteiger partial charge in [0.05, 0.1) is 30.9 Å². The maximum Gasteiger partial charge on any atom is 0.313 e. The Bertz CT molecular complexity index is 1590. The number of likely N-dealkylation sites (N-methyl/N-ethyl adjacent to an activating group) is 1. The molecular weight excluding hydrogens is 591 g/mol. The molecule has 5 atom stereocenters. The lowest BCUT2D eigenvalue weighted by atomic mass is 9.89. The van der Waals surface area contributed by atoms with Gasteiger partial charge in [-0.15, -0.1) is 0 Å². The monoisotopic (exact) mass is 630 g/mol. The number of benzene rings is 2. The second-order valence-electron chi connectivity index (χ2n) is 12.5. The molecule has 0 aromatic heterocycles. The van der Waals surface area contributed by atoms with E-state index in [1.807, 2.05) is 49.5 Å². The van der Waals surface area contributed by atoms with Crippen LogP contribution in [0.1, 0.15) is 18.4 Å². The second kappa shape index (κ2) is 13.5. The number of allylic oxidation sites excluding steroid dienone is 1. The summed E-state index contributed by atoms with van der Waals surface area (Å²) in [5, 5.41) is 16.0. The van der Waals surface area contributed by atoms with Gasteiger partial charge in [0.15, 0.2) is 23.1 Å². The molecule has 0 bridgehead atoms. The molecule has 2 unspecified atom stereocenters. The van der Waals surface area contributed by atoms with Crippen LogP contribution in [-0.2, 0) is 25.5 Å². The van der Waals surface area contributed by atoms with Crippen LogP contribution < -0.4 is 15.4 Å². The minimum atomic E-state index is -0.888.